The molecule has 2 aromatic rings. The third-order valence-electron chi connectivity index (χ3n) is 4.60. The highest BCUT2D eigenvalue weighted by Crippen LogP contribution is 2.35. The molecule has 0 saturated heterocycles. The number of aromatic nitrogens is 1. The highest BCUT2D eigenvalue weighted by atomic mass is 32.1. The summed E-state index contributed by atoms with van der Waals surface area (Å²) in [4.78, 5) is 10.5. The lowest BCUT2D eigenvalue weighted by atomic mass is 9.84. The number of thiazole rings is 1. The molecule has 6 nitrogen and oxygen atoms in total. The van der Waals surface area contributed by atoms with Gasteiger partial charge in [0.25, 0.3) is 0 Å². The van der Waals surface area contributed by atoms with Gasteiger partial charge in [-0.25, -0.2) is 4.98 Å². The summed E-state index contributed by atoms with van der Waals surface area (Å²) in [5, 5.41) is 7.89. The van der Waals surface area contributed by atoms with E-state index in [-0.39, 0.29) is 5.41 Å². The van der Waals surface area contributed by atoms with Crippen molar-refractivity contribution < 1.29 is 9.47 Å². The van der Waals surface area contributed by atoms with Crippen molar-refractivity contribution in [2.45, 2.75) is 39.5 Å². The zero-order valence-electron chi connectivity index (χ0n) is 17.2. The molecule has 0 radical (unpaired) electrons. The van der Waals surface area contributed by atoms with Crippen LogP contribution >= 0.6 is 11.3 Å². The Morgan fingerprint density at radius 3 is 2.71 bits per heavy atom. The molecule has 2 N–H and O–H groups in total. The Morgan fingerprint density at radius 1 is 1.21 bits per heavy atom. The van der Waals surface area contributed by atoms with Gasteiger partial charge in [0, 0.05) is 36.0 Å². The van der Waals surface area contributed by atoms with Crippen molar-refractivity contribution in [2.24, 2.45) is 4.99 Å². The van der Waals surface area contributed by atoms with Crippen LogP contribution in [0.25, 0.3) is 0 Å². The molecule has 152 valence electrons. The SMILES string of the molecule is CCNC(=NCC(C)(C)c1ccc2c(c1)OCCO2)NCCc1ncc(C)s1. The molecule has 0 bridgehead atoms. The van der Waals surface area contributed by atoms with Crippen LogP contribution in [0.2, 0.25) is 0 Å². The van der Waals surface area contributed by atoms with Crippen LogP contribution in [-0.2, 0) is 11.8 Å². The van der Waals surface area contributed by atoms with Crippen molar-refractivity contribution in [2.75, 3.05) is 32.8 Å². The number of aliphatic imine (C=N–C) groups is 1. The fraction of sp³-hybridized carbons (Fsp3) is 0.524. The van der Waals surface area contributed by atoms with Gasteiger partial charge in [0.05, 0.1) is 11.6 Å². The molecule has 0 amide bonds. The number of hydrogen-bond acceptors (Lipinski definition) is 5. The van der Waals surface area contributed by atoms with Crippen molar-refractivity contribution in [1.82, 2.24) is 15.6 Å². The molecule has 0 fully saturated rings. The average Bonchev–Trinajstić information content (AvgIpc) is 3.11. The Balaban J connectivity index is 1.61. The van der Waals surface area contributed by atoms with Crippen LogP contribution in [0.3, 0.4) is 0 Å². The second-order valence-electron chi connectivity index (χ2n) is 7.48. The maximum absolute atomic E-state index is 5.73. The van der Waals surface area contributed by atoms with Gasteiger partial charge >= 0.3 is 0 Å². The van der Waals surface area contributed by atoms with Gasteiger partial charge < -0.3 is 20.1 Å². The van der Waals surface area contributed by atoms with Gasteiger partial charge in [-0.15, -0.1) is 11.3 Å². The Bertz CT molecular complexity index is 816. The number of rotatable bonds is 7. The lowest BCUT2D eigenvalue weighted by Gasteiger charge is -2.26. The summed E-state index contributed by atoms with van der Waals surface area (Å²) in [6, 6.07) is 6.18. The van der Waals surface area contributed by atoms with Crippen molar-refractivity contribution in [3.63, 3.8) is 0 Å². The van der Waals surface area contributed by atoms with Gasteiger partial charge in [-0.3, -0.25) is 4.99 Å². The van der Waals surface area contributed by atoms with Crippen LogP contribution in [0.1, 0.15) is 36.2 Å². The molecule has 1 aromatic carbocycles. The molecule has 28 heavy (non-hydrogen) atoms. The summed E-state index contributed by atoms with van der Waals surface area (Å²) in [5.74, 6) is 2.48. The van der Waals surface area contributed by atoms with Crippen LogP contribution in [0.4, 0.5) is 0 Å². The van der Waals surface area contributed by atoms with Gasteiger partial charge in [-0.05, 0) is 31.5 Å². The largest absolute Gasteiger partial charge is 0.486 e. The first-order valence-electron chi connectivity index (χ1n) is 9.81. The molecule has 0 aliphatic carbocycles. The number of guanidine groups is 1. The Hall–Kier alpha value is -2.28. The average molecular weight is 403 g/mol. The summed E-state index contributed by atoms with van der Waals surface area (Å²) in [6.07, 6.45) is 2.82. The summed E-state index contributed by atoms with van der Waals surface area (Å²) in [5.41, 5.74) is 1.07. The first-order valence-corrected chi connectivity index (χ1v) is 10.6. The lowest BCUT2D eigenvalue weighted by molar-refractivity contribution is 0.171. The van der Waals surface area contributed by atoms with Crippen molar-refractivity contribution in [3.05, 3.63) is 39.8 Å². The van der Waals surface area contributed by atoms with Gasteiger partial charge in [0.1, 0.15) is 13.2 Å². The molecule has 3 rings (SSSR count). The van der Waals surface area contributed by atoms with Gasteiger partial charge in [-0.2, -0.15) is 0 Å². The quantitative estimate of drug-likeness (QED) is 0.549. The van der Waals surface area contributed by atoms with Crippen LogP contribution in [0.15, 0.2) is 29.4 Å². The Kier molecular flexibility index (Phi) is 6.78. The number of nitrogens with zero attached hydrogens (tertiary/aromatic N) is 2. The normalized spacial score (nSPS) is 14.1. The van der Waals surface area contributed by atoms with E-state index in [2.05, 4.69) is 55.4 Å². The zero-order chi connectivity index (χ0) is 20.0. The van der Waals surface area contributed by atoms with Crippen LogP contribution in [-0.4, -0.2) is 43.8 Å². The lowest BCUT2D eigenvalue weighted by Crippen LogP contribution is -2.39. The molecule has 1 aromatic heterocycles. The molecular weight excluding hydrogens is 372 g/mol. The van der Waals surface area contributed by atoms with Gasteiger partial charge in [0.2, 0.25) is 0 Å². The summed E-state index contributed by atoms with van der Waals surface area (Å²) in [6.45, 7) is 12.1. The highest BCUT2D eigenvalue weighted by Gasteiger charge is 2.23. The second kappa shape index (κ2) is 9.28. The fourth-order valence-electron chi connectivity index (χ4n) is 2.98. The maximum atomic E-state index is 5.73. The number of aryl methyl sites for hydroxylation is 1. The zero-order valence-corrected chi connectivity index (χ0v) is 18.0. The molecule has 0 atom stereocenters. The van der Waals surface area contributed by atoms with E-state index in [0.717, 1.165) is 42.0 Å². The minimum atomic E-state index is -0.120. The molecule has 2 heterocycles. The monoisotopic (exact) mass is 402 g/mol. The van der Waals surface area contributed by atoms with Crippen molar-refractivity contribution in [1.29, 1.82) is 0 Å². The van der Waals surface area contributed by atoms with E-state index in [1.807, 2.05) is 12.3 Å². The third-order valence-corrected chi connectivity index (χ3v) is 5.57. The number of benzene rings is 1. The second-order valence-corrected chi connectivity index (χ2v) is 8.80. The van der Waals surface area contributed by atoms with E-state index in [1.54, 1.807) is 11.3 Å². The minimum Gasteiger partial charge on any atom is -0.486 e. The van der Waals surface area contributed by atoms with E-state index in [4.69, 9.17) is 14.5 Å². The molecule has 1 aliphatic rings. The first-order chi connectivity index (χ1) is 13.5. The maximum Gasteiger partial charge on any atom is 0.191 e. The topological polar surface area (TPSA) is 67.8 Å². The number of ether oxygens (including phenoxy) is 2. The van der Waals surface area contributed by atoms with Gasteiger partial charge in [-0.1, -0.05) is 19.9 Å². The standard InChI is InChI=1S/C21H30N4O2S/c1-5-22-20(23-9-8-19-24-13-15(2)28-19)25-14-21(3,4)16-6-7-17-18(12-16)27-11-10-26-17/h6-7,12-13H,5,8-11,14H2,1-4H3,(H2,22,23,25). The summed E-state index contributed by atoms with van der Waals surface area (Å²) >= 11 is 1.75. The fourth-order valence-corrected chi connectivity index (χ4v) is 3.77. The number of fused-ring (bicyclic) bond motifs is 1. The Morgan fingerprint density at radius 2 is 2.00 bits per heavy atom. The predicted molar refractivity (Wildman–Crippen MR) is 115 cm³/mol. The third kappa shape index (κ3) is 5.38. The van der Waals surface area contributed by atoms with Crippen LogP contribution in [0.5, 0.6) is 11.5 Å². The van der Waals surface area contributed by atoms with E-state index < -0.39 is 0 Å². The molecule has 0 unspecified atom stereocenters. The first kappa shape index (κ1) is 20.5. The summed E-state index contributed by atoms with van der Waals surface area (Å²) in [7, 11) is 0. The Labute approximate surface area is 171 Å². The molecule has 0 saturated carbocycles. The summed E-state index contributed by atoms with van der Waals surface area (Å²) < 4.78 is 11.4. The molecular formula is C21H30N4O2S. The molecule has 0 spiro atoms. The highest BCUT2D eigenvalue weighted by molar-refractivity contribution is 7.11. The van der Waals surface area contributed by atoms with E-state index in [1.165, 1.54) is 10.4 Å². The number of hydrogen-bond donors (Lipinski definition) is 2. The van der Waals surface area contributed by atoms with Crippen molar-refractivity contribution in [3.8, 4) is 11.5 Å². The number of nitrogens with one attached hydrogen (secondary N) is 2. The van der Waals surface area contributed by atoms with Crippen LogP contribution < -0.4 is 20.1 Å². The van der Waals surface area contributed by atoms with Crippen LogP contribution in [0, 0.1) is 6.92 Å². The van der Waals surface area contributed by atoms with E-state index in [0.29, 0.717) is 19.8 Å². The van der Waals surface area contributed by atoms with E-state index >= 15 is 0 Å². The van der Waals surface area contributed by atoms with E-state index in [9.17, 15) is 0 Å². The van der Waals surface area contributed by atoms with Gasteiger partial charge in [0.15, 0.2) is 17.5 Å². The van der Waals surface area contributed by atoms with Crippen molar-refractivity contribution >= 4 is 17.3 Å². The molecule has 1 aliphatic heterocycles. The minimum absolute atomic E-state index is 0.120. The predicted octanol–water partition coefficient (Wildman–Crippen LogP) is 3.30. The smallest absolute Gasteiger partial charge is 0.191 e. The molecule has 7 heteroatoms.